The summed E-state index contributed by atoms with van der Waals surface area (Å²) in [6.07, 6.45) is -0.0239. The first-order valence-electron chi connectivity index (χ1n) is 6.16. The second-order valence-corrected chi connectivity index (χ2v) is 5.78. The first-order chi connectivity index (χ1) is 9.56. The van der Waals surface area contributed by atoms with Crippen LogP contribution in [0.5, 0.6) is 0 Å². The van der Waals surface area contributed by atoms with Gasteiger partial charge in [0.15, 0.2) is 0 Å². The first-order valence-corrected chi connectivity index (χ1v) is 7.42. The number of carbonyl (C=O) groups is 1. The van der Waals surface area contributed by atoms with Gasteiger partial charge in [-0.1, -0.05) is 23.7 Å². The van der Waals surface area contributed by atoms with E-state index in [2.05, 4.69) is 10.3 Å². The molecule has 1 heterocycles. The van der Waals surface area contributed by atoms with Gasteiger partial charge >= 0.3 is 5.97 Å². The monoisotopic (exact) mass is 310 g/mol. The summed E-state index contributed by atoms with van der Waals surface area (Å²) in [6, 6.07) is 5.84. The van der Waals surface area contributed by atoms with Crippen molar-refractivity contribution in [2.75, 3.05) is 0 Å². The Kier molecular flexibility index (Phi) is 5.11. The molecule has 0 aliphatic rings. The minimum absolute atomic E-state index is 0.0239. The van der Waals surface area contributed by atoms with E-state index in [0.29, 0.717) is 18.8 Å². The minimum Gasteiger partial charge on any atom is -0.481 e. The van der Waals surface area contributed by atoms with E-state index in [4.69, 9.17) is 16.7 Å². The van der Waals surface area contributed by atoms with Crippen molar-refractivity contribution in [3.05, 3.63) is 50.4 Å². The second kappa shape index (κ2) is 6.83. The Bertz CT molecular complexity index is 613. The second-order valence-electron chi connectivity index (χ2n) is 4.43. The van der Waals surface area contributed by atoms with Crippen LogP contribution in [-0.4, -0.2) is 16.1 Å². The summed E-state index contributed by atoms with van der Waals surface area (Å²) in [5, 5.41) is 15.4. The lowest BCUT2D eigenvalue weighted by Crippen LogP contribution is -2.13. The van der Waals surface area contributed by atoms with Gasteiger partial charge in [-0.05, 0) is 24.1 Å². The summed E-state index contributed by atoms with van der Waals surface area (Å²) >= 11 is 7.54. The van der Waals surface area contributed by atoms with Crippen LogP contribution in [0.1, 0.15) is 21.8 Å². The smallest absolute Gasteiger partial charge is 0.309 e. The van der Waals surface area contributed by atoms with E-state index in [1.54, 1.807) is 5.38 Å². The van der Waals surface area contributed by atoms with Gasteiger partial charge in [-0.3, -0.25) is 4.79 Å². The molecule has 106 valence electrons. The molecule has 1 aromatic carbocycles. The minimum atomic E-state index is -0.857. The van der Waals surface area contributed by atoms with E-state index in [-0.39, 0.29) is 6.42 Å². The third kappa shape index (κ3) is 4.03. The van der Waals surface area contributed by atoms with E-state index in [9.17, 15) is 4.79 Å². The molecule has 0 radical (unpaired) electrons. The molecule has 0 bridgehead atoms. The molecule has 1 aromatic heterocycles. The van der Waals surface area contributed by atoms with Gasteiger partial charge in [0.1, 0.15) is 5.01 Å². The standard InChI is InChI=1S/C14H15ClN2O2S/c1-9-10(3-2-4-12(9)15)6-16-7-13-17-11(8-20-13)5-14(18)19/h2-4,8,16H,5-7H2,1H3,(H,18,19). The Morgan fingerprint density at radius 1 is 1.45 bits per heavy atom. The molecule has 2 rings (SSSR count). The first kappa shape index (κ1) is 15.0. The Balaban J connectivity index is 1.88. The Morgan fingerprint density at radius 2 is 2.25 bits per heavy atom. The van der Waals surface area contributed by atoms with Crippen LogP contribution in [0.2, 0.25) is 5.02 Å². The van der Waals surface area contributed by atoms with Crippen LogP contribution in [0.3, 0.4) is 0 Å². The summed E-state index contributed by atoms with van der Waals surface area (Å²) in [6.45, 7) is 3.32. The number of thiazole rings is 1. The summed E-state index contributed by atoms with van der Waals surface area (Å²) in [5.74, 6) is -0.857. The van der Waals surface area contributed by atoms with Crippen LogP contribution in [0.15, 0.2) is 23.6 Å². The van der Waals surface area contributed by atoms with Crippen LogP contribution in [-0.2, 0) is 24.3 Å². The van der Waals surface area contributed by atoms with Crippen molar-refractivity contribution in [2.24, 2.45) is 0 Å². The molecule has 0 aliphatic carbocycles. The van der Waals surface area contributed by atoms with Gasteiger partial charge in [0.2, 0.25) is 0 Å². The molecular weight excluding hydrogens is 296 g/mol. The summed E-state index contributed by atoms with van der Waals surface area (Å²) in [5.41, 5.74) is 2.84. The highest BCUT2D eigenvalue weighted by Gasteiger charge is 2.06. The van der Waals surface area contributed by atoms with Gasteiger partial charge in [0.25, 0.3) is 0 Å². The molecule has 0 spiro atoms. The number of nitrogens with zero attached hydrogens (tertiary/aromatic N) is 1. The third-order valence-corrected chi connectivity index (χ3v) is 4.21. The zero-order valence-electron chi connectivity index (χ0n) is 11.0. The third-order valence-electron chi connectivity index (χ3n) is 2.90. The Morgan fingerprint density at radius 3 is 3.00 bits per heavy atom. The van der Waals surface area contributed by atoms with Gasteiger partial charge in [0.05, 0.1) is 12.1 Å². The zero-order chi connectivity index (χ0) is 14.5. The average Bonchev–Trinajstić information content (AvgIpc) is 2.81. The van der Waals surface area contributed by atoms with E-state index >= 15 is 0 Å². The van der Waals surface area contributed by atoms with Crippen molar-refractivity contribution < 1.29 is 9.90 Å². The van der Waals surface area contributed by atoms with Gasteiger partial charge < -0.3 is 10.4 Å². The molecule has 2 N–H and O–H groups in total. The molecule has 20 heavy (non-hydrogen) atoms. The number of aromatic nitrogens is 1. The van der Waals surface area contributed by atoms with Crippen molar-refractivity contribution >= 4 is 28.9 Å². The lowest BCUT2D eigenvalue weighted by Gasteiger charge is -2.07. The fraction of sp³-hybridized carbons (Fsp3) is 0.286. The number of hydrogen-bond acceptors (Lipinski definition) is 4. The quantitative estimate of drug-likeness (QED) is 0.861. The molecule has 2 aromatic rings. The molecule has 0 amide bonds. The van der Waals surface area contributed by atoms with Crippen molar-refractivity contribution in [2.45, 2.75) is 26.4 Å². The SMILES string of the molecule is Cc1c(Cl)cccc1CNCc1nc(CC(=O)O)cs1. The fourth-order valence-electron chi connectivity index (χ4n) is 1.81. The van der Waals surface area contributed by atoms with E-state index in [1.807, 2.05) is 25.1 Å². The summed E-state index contributed by atoms with van der Waals surface area (Å²) in [7, 11) is 0. The predicted molar refractivity (Wildman–Crippen MR) is 80.2 cm³/mol. The number of hydrogen-bond donors (Lipinski definition) is 2. The Hall–Kier alpha value is -1.43. The predicted octanol–water partition coefficient (Wildman–Crippen LogP) is 3.02. The van der Waals surface area contributed by atoms with E-state index in [0.717, 1.165) is 21.2 Å². The molecule has 4 nitrogen and oxygen atoms in total. The number of nitrogens with one attached hydrogen (secondary N) is 1. The summed E-state index contributed by atoms with van der Waals surface area (Å²) in [4.78, 5) is 14.9. The maximum atomic E-state index is 10.6. The van der Waals surface area contributed by atoms with Crippen LogP contribution in [0.4, 0.5) is 0 Å². The highest BCUT2D eigenvalue weighted by Crippen LogP contribution is 2.18. The molecule has 0 aliphatic heterocycles. The molecule has 0 fully saturated rings. The molecule has 6 heteroatoms. The highest BCUT2D eigenvalue weighted by atomic mass is 35.5. The zero-order valence-corrected chi connectivity index (χ0v) is 12.6. The average molecular weight is 311 g/mol. The van der Waals surface area contributed by atoms with E-state index in [1.165, 1.54) is 11.3 Å². The van der Waals surface area contributed by atoms with Crippen molar-refractivity contribution in [3.8, 4) is 0 Å². The highest BCUT2D eigenvalue weighted by molar-refractivity contribution is 7.09. The lowest BCUT2D eigenvalue weighted by atomic mass is 10.1. The van der Waals surface area contributed by atoms with Crippen molar-refractivity contribution in [1.82, 2.24) is 10.3 Å². The molecule has 0 unspecified atom stereocenters. The van der Waals surface area contributed by atoms with Crippen LogP contribution in [0, 0.1) is 6.92 Å². The molecule has 0 atom stereocenters. The largest absolute Gasteiger partial charge is 0.481 e. The maximum absolute atomic E-state index is 10.6. The molecule has 0 saturated carbocycles. The Labute approximate surface area is 126 Å². The number of aliphatic carboxylic acids is 1. The van der Waals surface area contributed by atoms with Gasteiger partial charge in [-0.25, -0.2) is 4.98 Å². The van der Waals surface area contributed by atoms with Crippen molar-refractivity contribution in [3.63, 3.8) is 0 Å². The van der Waals surface area contributed by atoms with Gasteiger partial charge in [-0.15, -0.1) is 11.3 Å². The fourth-order valence-corrected chi connectivity index (χ4v) is 2.77. The topological polar surface area (TPSA) is 62.2 Å². The van der Waals surface area contributed by atoms with Gasteiger partial charge in [-0.2, -0.15) is 0 Å². The molecule has 0 saturated heterocycles. The maximum Gasteiger partial charge on any atom is 0.309 e. The van der Waals surface area contributed by atoms with Gasteiger partial charge in [0, 0.05) is 23.5 Å². The molecular formula is C14H15ClN2O2S. The normalized spacial score (nSPS) is 10.7. The number of halogens is 1. The number of rotatable bonds is 6. The van der Waals surface area contributed by atoms with Crippen LogP contribution >= 0.6 is 22.9 Å². The number of benzene rings is 1. The van der Waals surface area contributed by atoms with Crippen molar-refractivity contribution in [1.29, 1.82) is 0 Å². The van der Waals surface area contributed by atoms with E-state index < -0.39 is 5.97 Å². The van der Waals surface area contributed by atoms with Crippen LogP contribution < -0.4 is 5.32 Å². The summed E-state index contributed by atoms with van der Waals surface area (Å²) < 4.78 is 0. The number of carboxylic acids is 1. The van der Waals surface area contributed by atoms with Crippen LogP contribution in [0.25, 0.3) is 0 Å². The lowest BCUT2D eigenvalue weighted by molar-refractivity contribution is -0.136. The number of carboxylic acid groups (broad SMARTS) is 1.